The van der Waals surface area contributed by atoms with Gasteiger partial charge in [-0.05, 0) is 67.1 Å². The van der Waals surface area contributed by atoms with Crippen LogP contribution in [0.15, 0.2) is 102 Å². The van der Waals surface area contributed by atoms with Gasteiger partial charge in [-0.1, -0.05) is 53.8 Å². The van der Waals surface area contributed by atoms with Crippen molar-refractivity contribution >= 4 is 55.9 Å². The minimum atomic E-state index is -0.545. The summed E-state index contributed by atoms with van der Waals surface area (Å²) in [6, 6.07) is 29.7. The maximum atomic E-state index is 13.6. The van der Waals surface area contributed by atoms with Crippen molar-refractivity contribution in [3.05, 3.63) is 108 Å². The zero-order valence-corrected chi connectivity index (χ0v) is 23.6. The standard InChI is InChI=1S/C31H27N3O4S2/c1-3-38-24-15-16-26-27(19-24)40-31(33-26)34-30(36)28(20-9-5-4-6-10-20)39-25-14-8-12-22(18-25)32-29(35)21-11-7-13-23(17-21)37-2/h4-19,28H,3H2,1-2H3,(H,32,35)(H,33,34,36). The number of nitrogens with zero attached hydrogens (tertiary/aromatic N) is 1. The van der Waals surface area contributed by atoms with Gasteiger partial charge in [-0.2, -0.15) is 0 Å². The number of benzene rings is 4. The molecule has 0 aliphatic carbocycles. The fourth-order valence-corrected chi connectivity index (χ4v) is 6.02. The van der Waals surface area contributed by atoms with E-state index in [1.54, 1.807) is 31.4 Å². The van der Waals surface area contributed by atoms with Crippen LogP contribution in [0.5, 0.6) is 11.5 Å². The predicted molar refractivity (Wildman–Crippen MR) is 162 cm³/mol. The van der Waals surface area contributed by atoms with Crippen LogP contribution in [0.4, 0.5) is 10.8 Å². The summed E-state index contributed by atoms with van der Waals surface area (Å²) in [5.74, 6) is 0.942. The van der Waals surface area contributed by atoms with E-state index in [-0.39, 0.29) is 11.8 Å². The van der Waals surface area contributed by atoms with Crippen LogP contribution < -0.4 is 20.1 Å². The van der Waals surface area contributed by atoms with E-state index in [1.165, 1.54) is 23.1 Å². The minimum Gasteiger partial charge on any atom is -0.497 e. The Hall–Kier alpha value is -4.34. The molecule has 0 aliphatic rings. The van der Waals surface area contributed by atoms with Gasteiger partial charge in [0.25, 0.3) is 5.91 Å². The number of rotatable bonds is 10. The van der Waals surface area contributed by atoms with Crippen LogP contribution in [0.25, 0.3) is 10.2 Å². The van der Waals surface area contributed by atoms with E-state index in [2.05, 4.69) is 15.6 Å². The van der Waals surface area contributed by atoms with Gasteiger partial charge in [0.1, 0.15) is 16.7 Å². The Morgan fingerprint density at radius 3 is 2.52 bits per heavy atom. The molecule has 1 atom stereocenters. The highest BCUT2D eigenvalue weighted by Gasteiger charge is 2.23. The SMILES string of the molecule is CCOc1ccc2nc(NC(=O)C(Sc3cccc(NC(=O)c4cccc(OC)c4)c3)c3ccccc3)sc2c1. The molecule has 2 amide bonds. The van der Waals surface area contributed by atoms with E-state index in [0.29, 0.717) is 28.7 Å². The van der Waals surface area contributed by atoms with Crippen LogP contribution in [-0.2, 0) is 4.79 Å². The number of anilines is 2. The Morgan fingerprint density at radius 1 is 0.900 bits per heavy atom. The van der Waals surface area contributed by atoms with Crippen LogP contribution in [0.1, 0.15) is 28.1 Å². The number of aromatic nitrogens is 1. The van der Waals surface area contributed by atoms with Crippen LogP contribution in [0, 0.1) is 0 Å². The number of hydrogen-bond acceptors (Lipinski definition) is 7. The molecular formula is C31H27N3O4S2. The van der Waals surface area contributed by atoms with Gasteiger partial charge in [-0.3, -0.25) is 9.59 Å². The molecule has 0 fully saturated rings. The molecule has 202 valence electrons. The fourth-order valence-electron chi connectivity index (χ4n) is 4.04. The Bertz CT molecular complexity index is 1640. The third-order valence-corrected chi connectivity index (χ3v) is 8.10. The van der Waals surface area contributed by atoms with Gasteiger partial charge in [0.05, 0.1) is 23.9 Å². The highest BCUT2D eigenvalue weighted by atomic mass is 32.2. The largest absolute Gasteiger partial charge is 0.497 e. The molecule has 0 spiro atoms. The second-order valence-electron chi connectivity index (χ2n) is 8.69. The lowest BCUT2D eigenvalue weighted by Crippen LogP contribution is -2.19. The number of methoxy groups -OCH3 is 1. The molecule has 1 unspecified atom stereocenters. The number of thiazole rings is 1. The molecular weight excluding hydrogens is 542 g/mol. The number of amides is 2. The first-order chi connectivity index (χ1) is 19.5. The van der Waals surface area contributed by atoms with Crippen LogP contribution >= 0.6 is 23.1 Å². The molecule has 40 heavy (non-hydrogen) atoms. The lowest BCUT2D eigenvalue weighted by molar-refractivity contribution is -0.115. The van der Waals surface area contributed by atoms with Crippen molar-refractivity contribution in [1.82, 2.24) is 4.98 Å². The monoisotopic (exact) mass is 569 g/mol. The summed E-state index contributed by atoms with van der Waals surface area (Å²) >= 11 is 2.81. The molecule has 7 nitrogen and oxygen atoms in total. The third kappa shape index (κ3) is 6.62. The second kappa shape index (κ2) is 12.7. The van der Waals surface area contributed by atoms with E-state index in [0.717, 1.165) is 26.4 Å². The maximum absolute atomic E-state index is 13.6. The summed E-state index contributed by atoms with van der Waals surface area (Å²) in [5, 5.41) is 5.92. The molecule has 2 N–H and O–H groups in total. The molecule has 0 saturated heterocycles. The van der Waals surface area contributed by atoms with Crippen molar-refractivity contribution in [1.29, 1.82) is 0 Å². The third-order valence-electron chi connectivity index (χ3n) is 5.92. The van der Waals surface area contributed by atoms with Crippen LogP contribution in [0.3, 0.4) is 0 Å². The number of ether oxygens (including phenoxy) is 2. The van der Waals surface area contributed by atoms with E-state index < -0.39 is 5.25 Å². The molecule has 0 bridgehead atoms. The first kappa shape index (κ1) is 27.2. The first-order valence-electron chi connectivity index (χ1n) is 12.6. The summed E-state index contributed by atoms with van der Waals surface area (Å²) in [4.78, 5) is 31.9. The first-order valence-corrected chi connectivity index (χ1v) is 14.3. The molecule has 1 aromatic heterocycles. The van der Waals surface area contributed by atoms with Crippen molar-refractivity contribution in [2.45, 2.75) is 17.1 Å². The fraction of sp³-hybridized carbons (Fsp3) is 0.129. The molecule has 0 radical (unpaired) electrons. The van der Waals surface area contributed by atoms with E-state index in [9.17, 15) is 9.59 Å². The number of thioether (sulfide) groups is 1. The Labute approximate surface area is 240 Å². The predicted octanol–water partition coefficient (Wildman–Crippen LogP) is 7.43. The van der Waals surface area contributed by atoms with Gasteiger partial charge in [-0.25, -0.2) is 4.98 Å². The summed E-state index contributed by atoms with van der Waals surface area (Å²) in [6.07, 6.45) is 0. The average molecular weight is 570 g/mol. The van der Waals surface area contributed by atoms with Crippen LogP contribution in [0.2, 0.25) is 0 Å². The van der Waals surface area contributed by atoms with E-state index >= 15 is 0 Å². The topological polar surface area (TPSA) is 89.5 Å². The molecule has 0 aliphatic heterocycles. The maximum Gasteiger partial charge on any atom is 0.255 e. The van der Waals surface area contributed by atoms with Crippen LogP contribution in [-0.4, -0.2) is 30.5 Å². The Kier molecular flexibility index (Phi) is 8.63. The smallest absolute Gasteiger partial charge is 0.255 e. The summed E-state index contributed by atoms with van der Waals surface area (Å²) in [5.41, 5.74) is 2.77. The average Bonchev–Trinajstić information content (AvgIpc) is 3.38. The quantitative estimate of drug-likeness (QED) is 0.170. The van der Waals surface area contributed by atoms with Gasteiger partial charge in [0.2, 0.25) is 5.91 Å². The second-order valence-corrected chi connectivity index (χ2v) is 10.9. The zero-order valence-electron chi connectivity index (χ0n) is 21.9. The molecule has 0 saturated carbocycles. The summed E-state index contributed by atoms with van der Waals surface area (Å²) in [7, 11) is 1.56. The van der Waals surface area contributed by atoms with Crippen molar-refractivity contribution in [3.63, 3.8) is 0 Å². The Morgan fingerprint density at radius 2 is 1.73 bits per heavy atom. The van der Waals surface area contributed by atoms with Gasteiger partial charge in [0.15, 0.2) is 5.13 Å². The van der Waals surface area contributed by atoms with Gasteiger partial charge in [-0.15, -0.1) is 11.8 Å². The number of nitrogens with one attached hydrogen (secondary N) is 2. The molecule has 4 aromatic carbocycles. The van der Waals surface area contributed by atoms with Crippen molar-refractivity contribution in [3.8, 4) is 11.5 Å². The normalized spacial score (nSPS) is 11.6. The number of carbonyl (C=O) groups excluding carboxylic acids is 2. The highest BCUT2D eigenvalue weighted by molar-refractivity contribution is 8.00. The molecule has 1 heterocycles. The Balaban J connectivity index is 1.35. The summed E-state index contributed by atoms with van der Waals surface area (Å²) in [6.45, 7) is 2.52. The minimum absolute atomic E-state index is 0.189. The van der Waals surface area contributed by atoms with Gasteiger partial charge < -0.3 is 20.1 Å². The highest BCUT2D eigenvalue weighted by Crippen LogP contribution is 2.38. The van der Waals surface area contributed by atoms with Gasteiger partial charge >= 0.3 is 0 Å². The number of carbonyl (C=O) groups is 2. The molecule has 5 rings (SSSR count). The van der Waals surface area contributed by atoms with Crippen molar-refractivity contribution in [2.75, 3.05) is 24.4 Å². The molecule has 5 aromatic rings. The number of fused-ring (bicyclic) bond motifs is 1. The van der Waals surface area contributed by atoms with E-state index in [4.69, 9.17) is 9.47 Å². The van der Waals surface area contributed by atoms with Crippen molar-refractivity contribution in [2.24, 2.45) is 0 Å². The lowest BCUT2D eigenvalue weighted by atomic mass is 10.1. The lowest BCUT2D eigenvalue weighted by Gasteiger charge is -2.17. The summed E-state index contributed by atoms with van der Waals surface area (Å²) < 4.78 is 11.8. The molecule has 9 heteroatoms. The van der Waals surface area contributed by atoms with E-state index in [1.807, 2.05) is 79.7 Å². The van der Waals surface area contributed by atoms with Crippen molar-refractivity contribution < 1.29 is 19.1 Å². The van der Waals surface area contributed by atoms with Gasteiger partial charge in [0, 0.05) is 16.1 Å². The zero-order chi connectivity index (χ0) is 27.9. The number of hydrogen-bond donors (Lipinski definition) is 2.